The summed E-state index contributed by atoms with van der Waals surface area (Å²) in [6, 6.07) is 23.1. The van der Waals surface area contributed by atoms with Gasteiger partial charge in [0.2, 0.25) is 0 Å². The average Bonchev–Trinajstić information content (AvgIpc) is 3.19. The van der Waals surface area contributed by atoms with Gasteiger partial charge >= 0.3 is 0 Å². The maximum atomic E-state index is 12.2. The van der Waals surface area contributed by atoms with E-state index in [0.717, 1.165) is 45.1 Å². The van der Waals surface area contributed by atoms with Crippen molar-refractivity contribution in [1.82, 2.24) is 4.90 Å². The zero-order chi connectivity index (χ0) is 28.6. The van der Waals surface area contributed by atoms with Crippen LogP contribution in [0.25, 0.3) is 17.7 Å². The van der Waals surface area contributed by atoms with Crippen LogP contribution in [0.5, 0.6) is 5.75 Å². The molecule has 0 heterocycles. The van der Waals surface area contributed by atoms with Gasteiger partial charge in [0, 0.05) is 24.3 Å². The summed E-state index contributed by atoms with van der Waals surface area (Å²) >= 11 is 0. The molecular formula is C38H42ClNO2. The molecule has 0 aliphatic heterocycles. The molecule has 4 heteroatoms. The lowest BCUT2D eigenvalue weighted by atomic mass is 9.60. The summed E-state index contributed by atoms with van der Waals surface area (Å²) in [5.41, 5.74) is 10.6. The molecule has 0 radical (unpaired) electrons. The first-order chi connectivity index (χ1) is 19.8. The first-order valence-corrected chi connectivity index (χ1v) is 15.1. The zero-order valence-electron chi connectivity index (χ0n) is 25.0. The van der Waals surface area contributed by atoms with E-state index in [9.17, 15) is 9.90 Å². The summed E-state index contributed by atoms with van der Waals surface area (Å²) in [6.07, 6.45) is 15.0. The Balaban J connectivity index is 0.000000164. The Bertz CT molecular complexity index is 1510. The molecule has 3 aromatic rings. The SMILES string of the molecule is CC12CCC3C(=CCc4cc(O)ccc43)C1CCC2=O.CN(C)CCC=C1c2ccccc2C=Cc2ccccc21.Cl. The third-order valence-corrected chi connectivity index (χ3v) is 9.75. The fraction of sp³-hybridized carbons (Fsp3) is 0.342. The zero-order valence-corrected chi connectivity index (χ0v) is 25.8. The smallest absolute Gasteiger partial charge is 0.139 e. The number of hydrogen-bond acceptors (Lipinski definition) is 3. The van der Waals surface area contributed by atoms with Crippen molar-refractivity contribution >= 4 is 35.9 Å². The molecule has 3 aromatic carbocycles. The van der Waals surface area contributed by atoms with Crippen LogP contribution < -0.4 is 0 Å². The fourth-order valence-corrected chi connectivity index (χ4v) is 7.52. The van der Waals surface area contributed by atoms with Crippen molar-refractivity contribution < 1.29 is 9.90 Å². The highest BCUT2D eigenvalue weighted by molar-refractivity contribution is 5.93. The van der Waals surface area contributed by atoms with E-state index in [0.29, 0.717) is 23.4 Å². The van der Waals surface area contributed by atoms with Crippen LogP contribution in [0.15, 0.2) is 84.5 Å². The summed E-state index contributed by atoms with van der Waals surface area (Å²) in [6.45, 7) is 3.25. The molecule has 1 N–H and O–H groups in total. The molecule has 3 unspecified atom stereocenters. The van der Waals surface area contributed by atoms with E-state index in [1.54, 1.807) is 6.07 Å². The summed E-state index contributed by atoms with van der Waals surface area (Å²) in [4.78, 5) is 14.5. The second kappa shape index (κ2) is 12.5. The first-order valence-electron chi connectivity index (χ1n) is 15.1. The molecule has 0 spiro atoms. The summed E-state index contributed by atoms with van der Waals surface area (Å²) in [5.74, 6) is 1.76. The van der Waals surface area contributed by atoms with Gasteiger partial charge in [-0.05, 0) is 103 Å². The monoisotopic (exact) mass is 579 g/mol. The van der Waals surface area contributed by atoms with Crippen molar-refractivity contribution in [2.45, 2.75) is 51.4 Å². The van der Waals surface area contributed by atoms with Crippen molar-refractivity contribution in [3.05, 3.63) is 118 Å². The highest BCUT2D eigenvalue weighted by Gasteiger charge is 2.52. The summed E-state index contributed by atoms with van der Waals surface area (Å²) < 4.78 is 0. The fourth-order valence-electron chi connectivity index (χ4n) is 7.52. The molecule has 0 bridgehead atoms. The van der Waals surface area contributed by atoms with Gasteiger partial charge < -0.3 is 10.0 Å². The predicted molar refractivity (Wildman–Crippen MR) is 177 cm³/mol. The van der Waals surface area contributed by atoms with E-state index in [-0.39, 0.29) is 17.8 Å². The number of rotatable bonds is 3. The Kier molecular flexibility index (Phi) is 8.92. The second-order valence-corrected chi connectivity index (χ2v) is 12.5. The molecule has 218 valence electrons. The number of carbonyl (C=O) groups excluding carboxylic acids is 1. The topological polar surface area (TPSA) is 40.5 Å². The number of carbonyl (C=O) groups is 1. The van der Waals surface area contributed by atoms with E-state index in [1.807, 2.05) is 6.07 Å². The molecule has 7 rings (SSSR count). The van der Waals surface area contributed by atoms with Crippen LogP contribution in [0.3, 0.4) is 0 Å². The van der Waals surface area contributed by atoms with Crippen LogP contribution >= 0.6 is 12.4 Å². The van der Waals surface area contributed by atoms with Gasteiger partial charge in [0.15, 0.2) is 0 Å². The highest BCUT2D eigenvalue weighted by atomic mass is 35.5. The number of halogens is 1. The number of ketones is 1. The Morgan fingerprint density at radius 2 is 1.62 bits per heavy atom. The van der Waals surface area contributed by atoms with Crippen LogP contribution in [-0.2, 0) is 11.2 Å². The molecule has 4 aliphatic carbocycles. The number of benzene rings is 3. The van der Waals surface area contributed by atoms with Crippen LogP contribution in [-0.4, -0.2) is 36.4 Å². The maximum absolute atomic E-state index is 12.2. The molecule has 3 nitrogen and oxygen atoms in total. The molecule has 0 aromatic heterocycles. The van der Waals surface area contributed by atoms with Gasteiger partial charge in [0.1, 0.15) is 11.5 Å². The van der Waals surface area contributed by atoms with Crippen molar-refractivity contribution in [1.29, 1.82) is 0 Å². The van der Waals surface area contributed by atoms with E-state index in [2.05, 4.69) is 105 Å². The van der Waals surface area contributed by atoms with Gasteiger partial charge in [0.05, 0.1) is 0 Å². The van der Waals surface area contributed by atoms with E-state index in [1.165, 1.54) is 44.5 Å². The van der Waals surface area contributed by atoms with Crippen molar-refractivity contribution in [3.8, 4) is 5.75 Å². The predicted octanol–water partition coefficient (Wildman–Crippen LogP) is 8.71. The molecule has 2 saturated carbocycles. The molecule has 2 fully saturated rings. The number of aromatic hydroxyl groups is 1. The van der Waals surface area contributed by atoms with Crippen LogP contribution in [0.2, 0.25) is 0 Å². The van der Waals surface area contributed by atoms with Gasteiger partial charge in [-0.15, -0.1) is 12.4 Å². The minimum Gasteiger partial charge on any atom is -0.508 e. The Labute approximate surface area is 257 Å². The summed E-state index contributed by atoms with van der Waals surface area (Å²) in [5, 5.41) is 9.64. The standard InChI is InChI=1S/C20H21N.C18H20O2.ClH/c1-21(2)15-7-12-20-18-10-5-3-8-16(18)13-14-17-9-4-6-11-19(17)20;1-18-9-8-14-13-5-3-12(19)10-11(13)2-4-15(14)16(18)6-7-17(18)20;/h3-6,8-14H,7,15H2,1-2H3;3-5,10,14,16,19H,2,6-9H2,1H3;1H. The van der Waals surface area contributed by atoms with Gasteiger partial charge in [0.25, 0.3) is 0 Å². The highest BCUT2D eigenvalue weighted by Crippen LogP contribution is 2.57. The van der Waals surface area contributed by atoms with E-state index < -0.39 is 0 Å². The lowest BCUT2D eigenvalue weighted by molar-refractivity contribution is -0.126. The number of phenols is 1. The largest absolute Gasteiger partial charge is 0.508 e. The lowest BCUT2D eigenvalue weighted by Gasteiger charge is -2.43. The Morgan fingerprint density at radius 1 is 0.952 bits per heavy atom. The maximum Gasteiger partial charge on any atom is 0.139 e. The number of fused-ring (bicyclic) bond motifs is 7. The van der Waals surface area contributed by atoms with Crippen molar-refractivity contribution in [3.63, 3.8) is 0 Å². The molecule has 42 heavy (non-hydrogen) atoms. The van der Waals surface area contributed by atoms with Crippen LogP contribution in [0, 0.1) is 11.3 Å². The number of Topliss-reactive ketones (excluding diaryl/α,β-unsaturated/α-hetero) is 1. The normalized spacial score (nSPS) is 23.1. The minimum absolute atomic E-state index is 0. The summed E-state index contributed by atoms with van der Waals surface area (Å²) in [7, 11) is 4.24. The Hall–Kier alpha value is -3.40. The number of nitrogens with zero attached hydrogens (tertiary/aromatic N) is 1. The minimum atomic E-state index is -0.100. The molecule has 0 amide bonds. The Morgan fingerprint density at radius 3 is 2.29 bits per heavy atom. The molecule has 4 aliphatic rings. The lowest BCUT2D eigenvalue weighted by Crippen LogP contribution is -2.37. The quantitative estimate of drug-likeness (QED) is 0.247. The number of allylic oxidation sites excluding steroid dienone is 2. The second-order valence-electron chi connectivity index (χ2n) is 12.5. The molecule has 3 atom stereocenters. The number of hydrogen-bond donors (Lipinski definition) is 1. The van der Waals surface area contributed by atoms with E-state index >= 15 is 0 Å². The van der Waals surface area contributed by atoms with Gasteiger partial charge in [-0.2, -0.15) is 0 Å². The van der Waals surface area contributed by atoms with Gasteiger partial charge in [-0.3, -0.25) is 4.79 Å². The molecule has 0 saturated heterocycles. The third kappa shape index (κ3) is 5.65. The van der Waals surface area contributed by atoms with Crippen LogP contribution in [0.1, 0.15) is 78.3 Å². The van der Waals surface area contributed by atoms with E-state index in [4.69, 9.17) is 0 Å². The average molecular weight is 580 g/mol. The molecular weight excluding hydrogens is 538 g/mol. The third-order valence-electron chi connectivity index (χ3n) is 9.75. The number of phenolic OH excluding ortho intramolecular Hbond substituents is 1. The van der Waals surface area contributed by atoms with Crippen molar-refractivity contribution in [2.24, 2.45) is 11.3 Å². The van der Waals surface area contributed by atoms with Gasteiger partial charge in [-0.1, -0.05) is 91.4 Å². The van der Waals surface area contributed by atoms with Crippen LogP contribution in [0.4, 0.5) is 0 Å². The first kappa shape index (κ1) is 30.1. The van der Waals surface area contributed by atoms with Gasteiger partial charge in [-0.25, -0.2) is 0 Å². The van der Waals surface area contributed by atoms with Crippen molar-refractivity contribution in [2.75, 3.05) is 20.6 Å².